The number of halogens is 1. The molecule has 0 N–H and O–H groups in total. The van der Waals surface area contributed by atoms with Crippen molar-refractivity contribution in [2.45, 2.75) is 55.4 Å². The quantitative estimate of drug-likeness (QED) is 0.675. The summed E-state index contributed by atoms with van der Waals surface area (Å²) < 4.78 is 0. The van der Waals surface area contributed by atoms with E-state index in [2.05, 4.69) is 20.8 Å². The Balaban J connectivity index is 1.67. The molecule has 2 unspecified atom stereocenters. The Hall–Kier alpha value is 0.440. The molecular formula is C11H18BrN. The molecule has 0 aromatic heterocycles. The standard InChI is InChI=1S/C11H18BrN/c12-9-5-10-3-4-11(6-9)13(10)7-8-1-2-8/h8-11H,1-7H2. The maximum atomic E-state index is 3.79. The highest BCUT2D eigenvalue weighted by molar-refractivity contribution is 9.09. The summed E-state index contributed by atoms with van der Waals surface area (Å²) in [6.45, 7) is 1.43. The molecule has 2 heteroatoms. The van der Waals surface area contributed by atoms with Gasteiger partial charge in [0.1, 0.15) is 0 Å². The Kier molecular flexibility index (Phi) is 2.17. The second-order valence-corrected chi connectivity index (χ2v) is 6.39. The van der Waals surface area contributed by atoms with E-state index in [0.717, 1.165) is 22.8 Å². The Morgan fingerprint density at radius 1 is 1.00 bits per heavy atom. The summed E-state index contributed by atoms with van der Waals surface area (Å²) >= 11 is 3.79. The first kappa shape index (κ1) is 8.72. The van der Waals surface area contributed by atoms with Gasteiger partial charge in [-0.05, 0) is 44.4 Å². The van der Waals surface area contributed by atoms with Gasteiger partial charge in [-0.2, -0.15) is 0 Å². The Bertz CT molecular complexity index is 188. The molecule has 1 aliphatic carbocycles. The molecule has 0 spiro atoms. The van der Waals surface area contributed by atoms with E-state index in [-0.39, 0.29) is 0 Å². The molecule has 74 valence electrons. The van der Waals surface area contributed by atoms with Crippen LogP contribution >= 0.6 is 15.9 Å². The third-order valence-corrected chi connectivity index (χ3v) is 4.74. The first-order chi connectivity index (χ1) is 6.33. The summed E-state index contributed by atoms with van der Waals surface area (Å²) in [5, 5.41) is 0. The van der Waals surface area contributed by atoms with Crippen molar-refractivity contribution in [3.05, 3.63) is 0 Å². The molecule has 2 saturated heterocycles. The van der Waals surface area contributed by atoms with E-state index in [1.54, 1.807) is 0 Å². The van der Waals surface area contributed by atoms with Crippen LogP contribution < -0.4 is 0 Å². The Morgan fingerprint density at radius 3 is 2.15 bits per heavy atom. The molecular weight excluding hydrogens is 226 g/mol. The van der Waals surface area contributed by atoms with Crippen molar-refractivity contribution < 1.29 is 0 Å². The van der Waals surface area contributed by atoms with Gasteiger partial charge < -0.3 is 0 Å². The number of rotatable bonds is 2. The monoisotopic (exact) mass is 243 g/mol. The van der Waals surface area contributed by atoms with Gasteiger partial charge in [0.15, 0.2) is 0 Å². The zero-order valence-electron chi connectivity index (χ0n) is 8.08. The van der Waals surface area contributed by atoms with E-state index in [9.17, 15) is 0 Å². The van der Waals surface area contributed by atoms with Gasteiger partial charge in [-0.1, -0.05) is 15.9 Å². The molecule has 3 rings (SSSR count). The van der Waals surface area contributed by atoms with Crippen molar-refractivity contribution in [2.75, 3.05) is 6.54 Å². The average molecular weight is 244 g/mol. The molecule has 0 aromatic carbocycles. The van der Waals surface area contributed by atoms with Crippen LogP contribution in [0.1, 0.15) is 38.5 Å². The Labute approximate surface area is 89.0 Å². The van der Waals surface area contributed by atoms with Crippen molar-refractivity contribution in [2.24, 2.45) is 5.92 Å². The first-order valence-electron chi connectivity index (χ1n) is 5.73. The predicted molar refractivity (Wildman–Crippen MR) is 58.2 cm³/mol. The second kappa shape index (κ2) is 3.23. The second-order valence-electron chi connectivity index (χ2n) is 5.09. The van der Waals surface area contributed by atoms with Crippen LogP contribution in [0, 0.1) is 5.92 Å². The fourth-order valence-electron chi connectivity index (χ4n) is 3.10. The van der Waals surface area contributed by atoms with Crippen LogP contribution in [0.3, 0.4) is 0 Å². The maximum Gasteiger partial charge on any atom is 0.0175 e. The summed E-state index contributed by atoms with van der Waals surface area (Å²) in [6.07, 6.45) is 8.77. The minimum atomic E-state index is 0.820. The van der Waals surface area contributed by atoms with Crippen LogP contribution in [0.2, 0.25) is 0 Å². The van der Waals surface area contributed by atoms with Crippen LogP contribution in [0.4, 0.5) is 0 Å². The number of piperidine rings is 1. The summed E-state index contributed by atoms with van der Waals surface area (Å²) in [7, 11) is 0. The molecule has 1 saturated carbocycles. The largest absolute Gasteiger partial charge is 0.297 e. The van der Waals surface area contributed by atoms with Crippen LogP contribution in [0.15, 0.2) is 0 Å². The SMILES string of the molecule is BrC1CC2CCC(C1)N2CC1CC1. The fraction of sp³-hybridized carbons (Fsp3) is 1.00. The normalized spacial score (nSPS) is 45.5. The number of hydrogen-bond acceptors (Lipinski definition) is 1. The van der Waals surface area contributed by atoms with E-state index in [1.807, 2.05) is 0 Å². The topological polar surface area (TPSA) is 3.24 Å². The highest BCUT2D eigenvalue weighted by Crippen LogP contribution is 2.41. The van der Waals surface area contributed by atoms with E-state index < -0.39 is 0 Å². The van der Waals surface area contributed by atoms with Gasteiger partial charge in [0, 0.05) is 23.5 Å². The number of hydrogen-bond donors (Lipinski definition) is 0. The van der Waals surface area contributed by atoms with Crippen LogP contribution in [0.5, 0.6) is 0 Å². The van der Waals surface area contributed by atoms with Crippen molar-refractivity contribution in [1.82, 2.24) is 4.90 Å². The lowest BCUT2D eigenvalue weighted by Crippen LogP contribution is -2.44. The van der Waals surface area contributed by atoms with Crippen LogP contribution in [-0.4, -0.2) is 28.4 Å². The van der Waals surface area contributed by atoms with Crippen LogP contribution in [-0.2, 0) is 0 Å². The lowest BCUT2D eigenvalue weighted by atomic mass is 10.0. The average Bonchev–Trinajstić information content (AvgIpc) is 2.83. The van der Waals surface area contributed by atoms with Gasteiger partial charge >= 0.3 is 0 Å². The van der Waals surface area contributed by atoms with Gasteiger partial charge in [0.2, 0.25) is 0 Å². The molecule has 13 heavy (non-hydrogen) atoms. The van der Waals surface area contributed by atoms with Crippen LogP contribution in [0.25, 0.3) is 0 Å². The maximum absolute atomic E-state index is 3.79. The number of fused-ring (bicyclic) bond motifs is 2. The number of alkyl halides is 1. The van der Waals surface area contributed by atoms with Crippen molar-refractivity contribution in [3.63, 3.8) is 0 Å². The first-order valence-corrected chi connectivity index (χ1v) is 6.64. The Morgan fingerprint density at radius 2 is 1.62 bits per heavy atom. The van der Waals surface area contributed by atoms with Crippen molar-refractivity contribution in [1.29, 1.82) is 0 Å². The summed E-state index contributed by atoms with van der Waals surface area (Å²) in [5.41, 5.74) is 0. The van der Waals surface area contributed by atoms with E-state index in [4.69, 9.17) is 0 Å². The molecule has 2 heterocycles. The smallest absolute Gasteiger partial charge is 0.0175 e. The van der Waals surface area contributed by atoms with Gasteiger partial charge in [0.05, 0.1) is 0 Å². The molecule has 2 aliphatic heterocycles. The molecule has 3 fully saturated rings. The van der Waals surface area contributed by atoms with Gasteiger partial charge in [-0.25, -0.2) is 0 Å². The molecule has 0 aromatic rings. The molecule has 3 aliphatic rings. The molecule has 2 bridgehead atoms. The molecule has 1 nitrogen and oxygen atoms in total. The summed E-state index contributed by atoms with van der Waals surface area (Å²) in [5.74, 6) is 1.08. The number of nitrogens with zero attached hydrogens (tertiary/aromatic N) is 1. The molecule has 2 atom stereocenters. The third-order valence-electron chi connectivity index (χ3n) is 3.99. The third kappa shape index (κ3) is 1.68. The summed E-state index contributed by atoms with van der Waals surface area (Å²) in [6, 6.07) is 1.87. The van der Waals surface area contributed by atoms with E-state index in [1.165, 1.54) is 45.1 Å². The zero-order valence-corrected chi connectivity index (χ0v) is 9.67. The predicted octanol–water partition coefficient (Wildman–Crippen LogP) is 2.79. The van der Waals surface area contributed by atoms with Crippen molar-refractivity contribution >= 4 is 15.9 Å². The minimum absolute atomic E-state index is 0.820. The highest BCUT2D eigenvalue weighted by Gasteiger charge is 2.41. The van der Waals surface area contributed by atoms with E-state index >= 15 is 0 Å². The highest BCUT2D eigenvalue weighted by atomic mass is 79.9. The van der Waals surface area contributed by atoms with Gasteiger partial charge in [-0.3, -0.25) is 4.90 Å². The van der Waals surface area contributed by atoms with E-state index in [0.29, 0.717) is 0 Å². The minimum Gasteiger partial charge on any atom is -0.297 e. The lowest BCUT2D eigenvalue weighted by molar-refractivity contribution is 0.139. The summed E-state index contributed by atoms with van der Waals surface area (Å²) in [4.78, 5) is 3.65. The molecule has 0 radical (unpaired) electrons. The van der Waals surface area contributed by atoms with Gasteiger partial charge in [-0.15, -0.1) is 0 Å². The zero-order chi connectivity index (χ0) is 8.84. The lowest BCUT2D eigenvalue weighted by Gasteiger charge is -2.37. The van der Waals surface area contributed by atoms with Gasteiger partial charge in [0.25, 0.3) is 0 Å². The fourth-order valence-corrected chi connectivity index (χ4v) is 3.97. The van der Waals surface area contributed by atoms with Crippen molar-refractivity contribution in [3.8, 4) is 0 Å². The molecule has 0 amide bonds.